The monoisotopic (exact) mass is 235 g/mol. The summed E-state index contributed by atoms with van der Waals surface area (Å²) in [5, 5.41) is 0. The van der Waals surface area contributed by atoms with Gasteiger partial charge in [0.2, 0.25) is 0 Å². The van der Waals surface area contributed by atoms with Gasteiger partial charge in [0.25, 0.3) is 0 Å². The van der Waals surface area contributed by atoms with E-state index >= 15 is 0 Å². The molecule has 1 fully saturated rings. The molecule has 17 heavy (non-hydrogen) atoms. The average molecular weight is 235 g/mol. The van der Waals surface area contributed by atoms with Gasteiger partial charge < -0.3 is 9.64 Å². The number of ether oxygens (including phenoxy) is 1. The second kappa shape index (κ2) is 5.23. The van der Waals surface area contributed by atoms with Crippen LogP contribution >= 0.6 is 0 Å². The maximum atomic E-state index is 11.6. The molecule has 1 aromatic rings. The maximum Gasteiger partial charge on any atom is 0.165 e. The molecular formula is C12H17N3O2. The molecule has 92 valence electrons. The SMILES string of the molecule is CCc1ncc(C(C)=O)c(N2CCOCC2)n1. The van der Waals surface area contributed by atoms with Crippen LogP contribution in [0.2, 0.25) is 0 Å². The first-order valence-electron chi connectivity index (χ1n) is 5.92. The molecule has 1 saturated heterocycles. The van der Waals surface area contributed by atoms with Gasteiger partial charge in [-0.3, -0.25) is 4.79 Å². The number of ketones is 1. The van der Waals surface area contributed by atoms with Crippen LogP contribution < -0.4 is 4.90 Å². The van der Waals surface area contributed by atoms with Crippen LogP contribution in [-0.2, 0) is 11.2 Å². The number of hydrogen-bond donors (Lipinski definition) is 0. The van der Waals surface area contributed by atoms with Crippen LogP contribution in [0, 0.1) is 0 Å². The molecule has 2 rings (SSSR count). The number of anilines is 1. The Morgan fingerprint density at radius 2 is 2.18 bits per heavy atom. The van der Waals surface area contributed by atoms with E-state index < -0.39 is 0 Å². The van der Waals surface area contributed by atoms with Crippen LogP contribution in [-0.4, -0.2) is 42.1 Å². The second-order valence-corrected chi connectivity index (χ2v) is 4.03. The summed E-state index contributed by atoms with van der Waals surface area (Å²) < 4.78 is 5.31. The lowest BCUT2D eigenvalue weighted by atomic mass is 10.2. The van der Waals surface area contributed by atoms with Crippen molar-refractivity contribution in [1.29, 1.82) is 0 Å². The van der Waals surface area contributed by atoms with Gasteiger partial charge in [-0.25, -0.2) is 9.97 Å². The van der Waals surface area contributed by atoms with Crippen LogP contribution in [0.4, 0.5) is 5.82 Å². The molecule has 0 spiro atoms. The fraction of sp³-hybridized carbons (Fsp3) is 0.583. The highest BCUT2D eigenvalue weighted by Gasteiger charge is 2.19. The Morgan fingerprint density at radius 1 is 1.47 bits per heavy atom. The van der Waals surface area contributed by atoms with Crippen molar-refractivity contribution >= 4 is 11.6 Å². The first-order valence-corrected chi connectivity index (χ1v) is 5.92. The molecule has 1 aliphatic heterocycles. The van der Waals surface area contributed by atoms with Crippen molar-refractivity contribution in [3.05, 3.63) is 17.6 Å². The summed E-state index contributed by atoms with van der Waals surface area (Å²) in [4.78, 5) is 22.3. The second-order valence-electron chi connectivity index (χ2n) is 4.03. The van der Waals surface area contributed by atoms with Gasteiger partial charge in [0, 0.05) is 25.7 Å². The van der Waals surface area contributed by atoms with Crippen molar-refractivity contribution in [2.75, 3.05) is 31.2 Å². The summed E-state index contributed by atoms with van der Waals surface area (Å²) in [5.74, 6) is 1.54. The fourth-order valence-electron chi connectivity index (χ4n) is 1.84. The van der Waals surface area contributed by atoms with Gasteiger partial charge in [-0.2, -0.15) is 0 Å². The molecule has 0 bridgehead atoms. The van der Waals surface area contributed by atoms with E-state index in [0.717, 1.165) is 31.2 Å². The molecule has 5 heteroatoms. The molecule has 0 unspecified atom stereocenters. The van der Waals surface area contributed by atoms with Crippen molar-refractivity contribution in [1.82, 2.24) is 9.97 Å². The van der Waals surface area contributed by atoms with Crippen molar-refractivity contribution in [2.24, 2.45) is 0 Å². The summed E-state index contributed by atoms with van der Waals surface area (Å²) in [6.45, 7) is 6.48. The van der Waals surface area contributed by atoms with Gasteiger partial charge in [-0.15, -0.1) is 0 Å². The lowest BCUT2D eigenvalue weighted by Gasteiger charge is -2.29. The molecular weight excluding hydrogens is 218 g/mol. The summed E-state index contributed by atoms with van der Waals surface area (Å²) in [5.41, 5.74) is 0.601. The summed E-state index contributed by atoms with van der Waals surface area (Å²) in [7, 11) is 0. The maximum absolute atomic E-state index is 11.6. The minimum atomic E-state index is 0.00847. The Labute approximate surface area is 101 Å². The highest BCUT2D eigenvalue weighted by Crippen LogP contribution is 2.19. The predicted molar refractivity (Wildman–Crippen MR) is 64.4 cm³/mol. The quantitative estimate of drug-likeness (QED) is 0.734. The lowest BCUT2D eigenvalue weighted by molar-refractivity contribution is 0.101. The van der Waals surface area contributed by atoms with Gasteiger partial charge in [-0.05, 0) is 6.92 Å². The first-order chi connectivity index (χ1) is 8.22. The first kappa shape index (κ1) is 12.0. The molecule has 0 aliphatic carbocycles. The molecule has 1 aromatic heterocycles. The van der Waals surface area contributed by atoms with Crippen molar-refractivity contribution in [3.63, 3.8) is 0 Å². The van der Waals surface area contributed by atoms with Gasteiger partial charge >= 0.3 is 0 Å². The number of carbonyl (C=O) groups excluding carboxylic acids is 1. The zero-order valence-corrected chi connectivity index (χ0v) is 10.3. The van der Waals surface area contributed by atoms with Gasteiger partial charge in [0.15, 0.2) is 5.78 Å². The van der Waals surface area contributed by atoms with E-state index in [1.165, 1.54) is 0 Å². The largest absolute Gasteiger partial charge is 0.378 e. The third kappa shape index (κ3) is 2.61. The van der Waals surface area contributed by atoms with E-state index in [1.54, 1.807) is 13.1 Å². The zero-order valence-electron chi connectivity index (χ0n) is 10.3. The van der Waals surface area contributed by atoms with E-state index in [9.17, 15) is 4.79 Å². The van der Waals surface area contributed by atoms with Crippen LogP contribution in [0.15, 0.2) is 6.20 Å². The highest BCUT2D eigenvalue weighted by atomic mass is 16.5. The number of nitrogens with zero attached hydrogens (tertiary/aromatic N) is 3. The Kier molecular flexibility index (Phi) is 3.68. The van der Waals surface area contributed by atoms with Crippen LogP contribution in [0.1, 0.15) is 30.0 Å². The smallest absolute Gasteiger partial charge is 0.165 e. The number of aromatic nitrogens is 2. The van der Waals surface area contributed by atoms with Crippen molar-refractivity contribution in [2.45, 2.75) is 20.3 Å². The number of Topliss-reactive ketones (excluding diaryl/α,β-unsaturated/α-hetero) is 1. The van der Waals surface area contributed by atoms with Crippen LogP contribution in [0.3, 0.4) is 0 Å². The number of rotatable bonds is 3. The molecule has 0 saturated carbocycles. The zero-order chi connectivity index (χ0) is 12.3. The molecule has 5 nitrogen and oxygen atoms in total. The lowest BCUT2D eigenvalue weighted by Crippen LogP contribution is -2.38. The normalized spacial score (nSPS) is 16.0. The van der Waals surface area contributed by atoms with E-state index in [1.807, 2.05) is 6.92 Å². The Bertz CT molecular complexity index is 414. The summed E-state index contributed by atoms with van der Waals surface area (Å²) in [6.07, 6.45) is 2.41. The predicted octanol–water partition coefficient (Wildman–Crippen LogP) is 1.08. The number of aryl methyl sites for hydroxylation is 1. The number of carbonyl (C=O) groups is 1. The van der Waals surface area contributed by atoms with Crippen LogP contribution in [0.25, 0.3) is 0 Å². The van der Waals surface area contributed by atoms with Gasteiger partial charge in [-0.1, -0.05) is 6.92 Å². The van der Waals surface area contributed by atoms with Crippen LogP contribution in [0.5, 0.6) is 0 Å². The number of hydrogen-bond acceptors (Lipinski definition) is 5. The minimum Gasteiger partial charge on any atom is -0.378 e. The third-order valence-electron chi connectivity index (χ3n) is 2.82. The molecule has 0 aromatic carbocycles. The van der Waals surface area contributed by atoms with Gasteiger partial charge in [0.05, 0.1) is 18.8 Å². The van der Waals surface area contributed by atoms with Crippen molar-refractivity contribution in [3.8, 4) is 0 Å². The Morgan fingerprint density at radius 3 is 2.76 bits per heavy atom. The third-order valence-corrected chi connectivity index (χ3v) is 2.82. The molecule has 0 N–H and O–H groups in total. The molecule has 0 atom stereocenters. The highest BCUT2D eigenvalue weighted by molar-refractivity contribution is 5.98. The molecule has 1 aliphatic rings. The number of morpholine rings is 1. The fourth-order valence-corrected chi connectivity index (χ4v) is 1.84. The summed E-state index contributed by atoms with van der Waals surface area (Å²) in [6, 6.07) is 0. The van der Waals surface area contributed by atoms with Crippen molar-refractivity contribution < 1.29 is 9.53 Å². The Hall–Kier alpha value is -1.49. The average Bonchev–Trinajstić information content (AvgIpc) is 2.39. The molecule has 0 radical (unpaired) electrons. The molecule has 0 amide bonds. The van der Waals surface area contributed by atoms with E-state index in [4.69, 9.17) is 4.74 Å². The minimum absolute atomic E-state index is 0.00847. The van der Waals surface area contributed by atoms with E-state index in [-0.39, 0.29) is 5.78 Å². The van der Waals surface area contributed by atoms with E-state index in [2.05, 4.69) is 14.9 Å². The Balaban J connectivity index is 2.36. The van der Waals surface area contributed by atoms with E-state index in [0.29, 0.717) is 18.8 Å². The van der Waals surface area contributed by atoms with Gasteiger partial charge in [0.1, 0.15) is 11.6 Å². The molecule has 2 heterocycles. The topological polar surface area (TPSA) is 55.3 Å². The summed E-state index contributed by atoms with van der Waals surface area (Å²) >= 11 is 0. The standard InChI is InChI=1S/C12H17N3O2/c1-3-11-13-8-10(9(2)16)12(14-11)15-4-6-17-7-5-15/h8H,3-7H2,1-2H3.